The van der Waals surface area contributed by atoms with Gasteiger partial charge in [0.1, 0.15) is 11.5 Å². The predicted octanol–water partition coefficient (Wildman–Crippen LogP) is 6.07. The number of phenols is 1. The average Bonchev–Trinajstić information content (AvgIpc) is 3.51. The van der Waals surface area contributed by atoms with Gasteiger partial charge in [0.2, 0.25) is 23.6 Å². The van der Waals surface area contributed by atoms with Gasteiger partial charge in [-0.2, -0.15) is 0 Å². The van der Waals surface area contributed by atoms with Crippen LogP contribution in [0.25, 0.3) is 0 Å². The molecule has 2 heterocycles. The van der Waals surface area contributed by atoms with Crippen molar-refractivity contribution in [2.45, 2.75) is 25.7 Å². The summed E-state index contributed by atoms with van der Waals surface area (Å²) in [5.74, 6) is -4.59. The number of fused-ring (bicyclic) bond motifs is 4. The summed E-state index contributed by atoms with van der Waals surface area (Å²) in [6.45, 7) is 1.81. The van der Waals surface area contributed by atoms with E-state index in [1.165, 1.54) is 29.0 Å². The van der Waals surface area contributed by atoms with Crippen LogP contribution in [0, 0.1) is 29.1 Å². The summed E-state index contributed by atoms with van der Waals surface area (Å²) in [6, 6.07) is 28.9. The maximum Gasteiger partial charge on any atom is 0.241 e. The summed E-state index contributed by atoms with van der Waals surface area (Å²) in [6.07, 6.45) is 2.47. The fourth-order valence-electron chi connectivity index (χ4n) is 8.89. The van der Waals surface area contributed by atoms with Crippen LogP contribution in [0.5, 0.6) is 11.5 Å². The molecular formula is C41H34N2O7. The zero-order valence-electron chi connectivity index (χ0n) is 27.5. The second-order valence-corrected chi connectivity index (χ2v) is 13.7. The Hall–Kier alpha value is -5.83. The summed E-state index contributed by atoms with van der Waals surface area (Å²) >= 11 is 0. The summed E-state index contributed by atoms with van der Waals surface area (Å²) < 4.78 is 5.73. The highest BCUT2D eigenvalue weighted by Crippen LogP contribution is 2.64. The monoisotopic (exact) mass is 666 g/mol. The lowest BCUT2D eigenvalue weighted by Crippen LogP contribution is -2.49. The fraction of sp³-hybridized carbons (Fsp3) is 0.244. The van der Waals surface area contributed by atoms with Crippen LogP contribution < -0.4 is 14.5 Å². The molecular weight excluding hydrogens is 632 g/mol. The standard InChI is InChI=1S/C41H34N2O7/c1-41-32(38(47)43(40(41)49)25-11-7-4-8-12-25)22-31-28(35(41)29-18-17-27(44)21-33(29)50-2)19-20-30-34(31)39(48)42(37(30)46)26-15-13-24(14-16-26)36(45)23-9-5-3-6-10-23/h3-19,21,30-32,34-35,44H,20,22H2,1-2H3. The molecule has 6 atom stereocenters. The zero-order chi connectivity index (χ0) is 34.9. The molecule has 2 saturated heterocycles. The van der Waals surface area contributed by atoms with Gasteiger partial charge in [-0.3, -0.25) is 28.9 Å². The van der Waals surface area contributed by atoms with E-state index in [0.29, 0.717) is 33.8 Å². The molecule has 2 aliphatic heterocycles. The van der Waals surface area contributed by atoms with E-state index in [9.17, 15) is 29.1 Å². The smallest absolute Gasteiger partial charge is 0.241 e. The molecule has 2 aliphatic carbocycles. The van der Waals surface area contributed by atoms with Crippen LogP contribution in [-0.2, 0) is 19.2 Å². The van der Waals surface area contributed by atoms with Gasteiger partial charge in [0, 0.05) is 28.7 Å². The number of para-hydroxylation sites is 1. The number of amides is 4. The van der Waals surface area contributed by atoms with Gasteiger partial charge in [-0.25, -0.2) is 4.90 Å². The maximum atomic E-state index is 14.6. The van der Waals surface area contributed by atoms with Crippen molar-refractivity contribution in [2.75, 3.05) is 16.9 Å². The number of hydrogen-bond acceptors (Lipinski definition) is 7. The molecule has 1 saturated carbocycles. The molecule has 4 aliphatic rings. The molecule has 8 rings (SSSR count). The number of benzene rings is 4. The van der Waals surface area contributed by atoms with Crippen LogP contribution in [0.4, 0.5) is 11.4 Å². The number of aromatic hydroxyl groups is 1. The number of imide groups is 2. The minimum atomic E-state index is -1.24. The second kappa shape index (κ2) is 11.7. The number of anilines is 2. The first kappa shape index (κ1) is 31.4. The number of hydrogen-bond donors (Lipinski definition) is 1. The quantitative estimate of drug-likeness (QED) is 0.151. The Balaban J connectivity index is 1.19. The van der Waals surface area contributed by atoms with E-state index >= 15 is 0 Å². The topological polar surface area (TPSA) is 121 Å². The van der Waals surface area contributed by atoms with Crippen molar-refractivity contribution in [2.24, 2.45) is 29.1 Å². The lowest BCUT2D eigenvalue weighted by atomic mass is 9.51. The van der Waals surface area contributed by atoms with Crippen LogP contribution in [0.2, 0.25) is 0 Å². The summed E-state index contributed by atoms with van der Waals surface area (Å²) in [4.78, 5) is 72.9. The molecule has 250 valence electrons. The molecule has 9 heteroatoms. The highest BCUT2D eigenvalue weighted by Gasteiger charge is 2.68. The molecule has 9 nitrogen and oxygen atoms in total. The number of allylic oxidation sites excluding steroid dienone is 2. The number of methoxy groups -OCH3 is 1. The molecule has 0 aromatic heterocycles. The summed E-state index contributed by atoms with van der Waals surface area (Å²) in [5, 5.41) is 10.3. The van der Waals surface area contributed by atoms with Gasteiger partial charge in [0.05, 0.1) is 41.7 Å². The van der Waals surface area contributed by atoms with E-state index in [0.717, 1.165) is 5.57 Å². The largest absolute Gasteiger partial charge is 0.508 e. The Labute approximate surface area is 288 Å². The molecule has 0 bridgehead atoms. The molecule has 50 heavy (non-hydrogen) atoms. The van der Waals surface area contributed by atoms with Crippen molar-refractivity contribution in [3.05, 3.63) is 131 Å². The van der Waals surface area contributed by atoms with E-state index in [4.69, 9.17) is 4.74 Å². The average molecular weight is 667 g/mol. The first-order valence-corrected chi connectivity index (χ1v) is 16.7. The van der Waals surface area contributed by atoms with Crippen molar-refractivity contribution in [1.82, 2.24) is 0 Å². The molecule has 6 unspecified atom stereocenters. The highest BCUT2D eigenvalue weighted by molar-refractivity contribution is 6.25. The number of ketones is 1. The number of carbonyl (C=O) groups excluding carboxylic acids is 5. The fourth-order valence-corrected chi connectivity index (χ4v) is 8.89. The van der Waals surface area contributed by atoms with Crippen LogP contribution in [0.15, 0.2) is 115 Å². The molecule has 4 aromatic rings. The van der Waals surface area contributed by atoms with Crippen molar-refractivity contribution < 1.29 is 33.8 Å². The van der Waals surface area contributed by atoms with Crippen LogP contribution >= 0.6 is 0 Å². The lowest BCUT2D eigenvalue weighted by molar-refractivity contribution is -0.131. The van der Waals surface area contributed by atoms with Gasteiger partial charge < -0.3 is 9.84 Å². The number of carbonyl (C=O) groups is 5. The first-order valence-electron chi connectivity index (χ1n) is 16.7. The predicted molar refractivity (Wildman–Crippen MR) is 185 cm³/mol. The van der Waals surface area contributed by atoms with E-state index in [-0.39, 0.29) is 48.0 Å². The summed E-state index contributed by atoms with van der Waals surface area (Å²) in [5.41, 5.74) is 2.02. The Bertz CT molecular complexity index is 2110. The van der Waals surface area contributed by atoms with E-state index in [2.05, 4.69) is 0 Å². The van der Waals surface area contributed by atoms with E-state index in [1.807, 2.05) is 25.1 Å². The maximum absolute atomic E-state index is 14.6. The Morgan fingerprint density at radius 2 is 1.40 bits per heavy atom. The molecule has 4 amide bonds. The third-order valence-electron chi connectivity index (χ3n) is 11.2. The van der Waals surface area contributed by atoms with Gasteiger partial charge in [0.25, 0.3) is 0 Å². The minimum absolute atomic E-state index is 0.0132. The SMILES string of the molecule is COc1cc(O)ccc1C1C2=CCC3C(=O)N(c4ccc(C(=O)c5ccccc5)cc4)C(=O)C3C2CC2C(=O)N(c3ccccc3)C(=O)C21C. The Kier molecular flexibility index (Phi) is 7.33. The Morgan fingerprint density at radius 3 is 2.08 bits per heavy atom. The third-order valence-corrected chi connectivity index (χ3v) is 11.2. The number of nitrogens with zero attached hydrogens (tertiary/aromatic N) is 2. The second-order valence-electron chi connectivity index (χ2n) is 13.7. The molecule has 3 fully saturated rings. The zero-order valence-corrected chi connectivity index (χ0v) is 27.5. The third kappa shape index (κ3) is 4.49. The van der Waals surface area contributed by atoms with Crippen LogP contribution in [0.3, 0.4) is 0 Å². The van der Waals surface area contributed by atoms with Crippen molar-refractivity contribution in [3.8, 4) is 11.5 Å². The molecule has 1 N–H and O–H groups in total. The van der Waals surface area contributed by atoms with Crippen molar-refractivity contribution in [1.29, 1.82) is 0 Å². The van der Waals surface area contributed by atoms with Gasteiger partial charge in [-0.05, 0) is 68.1 Å². The highest BCUT2D eigenvalue weighted by atomic mass is 16.5. The van der Waals surface area contributed by atoms with Gasteiger partial charge in [-0.15, -0.1) is 0 Å². The van der Waals surface area contributed by atoms with Gasteiger partial charge >= 0.3 is 0 Å². The van der Waals surface area contributed by atoms with Crippen molar-refractivity contribution >= 4 is 40.8 Å². The first-order chi connectivity index (χ1) is 24.1. The molecule has 4 aromatic carbocycles. The summed E-state index contributed by atoms with van der Waals surface area (Å²) in [7, 11) is 1.48. The molecule has 0 radical (unpaired) electrons. The van der Waals surface area contributed by atoms with E-state index < -0.39 is 35.0 Å². The van der Waals surface area contributed by atoms with Gasteiger partial charge in [-0.1, -0.05) is 66.2 Å². The van der Waals surface area contributed by atoms with Crippen LogP contribution in [0.1, 0.15) is 47.2 Å². The van der Waals surface area contributed by atoms with E-state index in [1.54, 1.807) is 78.9 Å². The normalized spacial score (nSPS) is 27.1. The number of phenolic OH excluding ortho intramolecular Hbond substituents is 1. The number of ether oxygens (including phenoxy) is 1. The Morgan fingerprint density at radius 1 is 0.760 bits per heavy atom. The lowest BCUT2D eigenvalue weighted by Gasteiger charge is -2.49. The number of rotatable bonds is 6. The van der Waals surface area contributed by atoms with Crippen LogP contribution in [-0.4, -0.2) is 41.6 Å². The minimum Gasteiger partial charge on any atom is -0.508 e. The molecule has 0 spiro atoms. The van der Waals surface area contributed by atoms with Gasteiger partial charge in [0.15, 0.2) is 5.78 Å². The van der Waals surface area contributed by atoms with Crippen molar-refractivity contribution in [3.63, 3.8) is 0 Å².